The van der Waals surface area contributed by atoms with E-state index in [0.29, 0.717) is 26.1 Å². The highest BCUT2D eigenvalue weighted by molar-refractivity contribution is 6.30. The van der Waals surface area contributed by atoms with Crippen LogP contribution in [0.15, 0.2) is 59.4 Å². The first-order chi connectivity index (χ1) is 16.5. The van der Waals surface area contributed by atoms with Gasteiger partial charge in [0.2, 0.25) is 0 Å². The Morgan fingerprint density at radius 3 is 2.62 bits per heavy atom. The molecule has 0 bridgehead atoms. The summed E-state index contributed by atoms with van der Waals surface area (Å²) >= 11 is 12.8. The highest BCUT2D eigenvalue weighted by Gasteiger charge is 2.25. The normalized spacial score (nSPS) is 16.7. The summed E-state index contributed by atoms with van der Waals surface area (Å²) in [7, 11) is 0. The maximum atomic E-state index is 12.9. The third-order valence-corrected chi connectivity index (χ3v) is 6.70. The maximum Gasteiger partial charge on any atom is 0.346 e. The second kappa shape index (κ2) is 11.8. The molecule has 34 heavy (non-hydrogen) atoms. The van der Waals surface area contributed by atoms with Gasteiger partial charge in [-0.1, -0.05) is 42.8 Å². The Labute approximate surface area is 210 Å². The van der Waals surface area contributed by atoms with E-state index in [9.17, 15) is 4.79 Å². The molecule has 9 heteroatoms. The van der Waals surface area contributed by atoms with Crippen molar-refractivity contribution in [1.29, 1.82) is 0 Å². The average molecular weight is 504 g/mol. The van der Waals surface area contributed by atoms with Gasteiger partial charge in [-0.25, -0.2) is 9.48 Å². The average Bonchev–Trinajstić information content (AvgIpc) is 3.15. The van der Waals surface area contributed by atoms with Gasteiger partial charge in [0.25, 0.3) is 0 Å². The summed E-state index contributed by atoms with van der Waals surface area (Å²) in [6.07, 6.45) is 1.50. The van der Waals surface area contributed by atoms with Crippen LogP contribution in [-0.4, -0.2) is 57.5 Å². The van der Waals surface area contributed by atoms with E-state index < -0.39 is 0 Å². The van der Waals surface area contributed by atoms with Gasteiger partial charge in [-0.05, 0) is 36.8 Å². The molecule has 1 aromatic heterocycles. The fourth-order valence-electron chi connectivity index (χ4n) is 4.25. The number of aromatic nitrogens is 3. The number of ether oxygens (including phenoxy) is 1. The molecule has 1 aliphatic heterocycles. The van der Waals surface area contributed by atoms with E-state index in [0.717, 1.165) is 54.9 Å². The molecular formula is C25H31Cl2N5O2. The van der Waals surface area contributed by atoms with Crippen molar-refractivity contribution in [1.82, 2.24) is 19.2 Å². The van der Waals surface area contributed by atoms with E-state index in [2.05, 4.69) is 21.0 Å². The first-order valence-corrected chi connectivity index (χ1v) is 12.6. The van der Waals surface area contributed by atoms with Gasteiger partial charge in [-0.2, -0.15) is 5.10 Å². The molecule has 0 radical (unpaired) electrons. The summed E-state index contributed by atoms with van der Waals surface area (Å²) in [5.41, 5.74) is 0.920. The van der Waals surface area contributed by atoms with Crippen LogP contribution in [0.25, 0.3) is 0 Å². The van der Waals surface area contributed by atoms with Crippen molar-refractivity contribution in [2.45, 2.75) is 38.4 Å². The van der Waals surface area contributed by atoms with Crippen molar-refractivity contribution in [3.63, 3.8) is 0 Å². The van der Waals surface area contributed by atoms with E-state index in [4.69, 9.17) is 27.9 Å². The van der Waals surface area contributed by atoms with Crippen LogP contribution in [0, 0.1) is 0 Å². The number of benzene rings is 2. The lowest BCUT2D eigenvalue weighted by Crippen LogP contribution is -2.51. The van der Waals surface area contributed by atoms with Gasteiger partial charge in [0.05, 0.1) is 6.54 Å². The van der Waals surface area contributed by atoms with E-state index in [-0.39, 0.29) is 11.2 Å². The highest BCUT2D eigenvalue weighted by Crippen LogP contribution is 2.23. The lowest BCUT2D eigenvalue weighted by Gasteiger charge is -2.39. The Bertz CT molecular complexity index is 1120. The van der Waals surface area contributed by atoms with Crippen molar-refractivity contribution < 1.29 is 4.74 Å². The first-order valence-electron chi connectivity index (χ1n) is 11.8. The lowest BCUT2D eigenvalue weighted by molar-refractivity contribution is 0.222. The van der Waals surface area contributed by atoms with Crippen molar-refractivity contribution >= 4 is 28.9 Å². The molecule has 3 aromatic rings. The van der Waals surface area contributed by atoms with Crippen molar-refractivity contribution in [3.8, 4) is 5.75 Å². The van der Waals surface area contributed by atoms with Crippen LogP contribution in [0.5, 0.6) is 5.75 Å². The summed E-state index contributed by atoms with van der Waals surface area (Å²) < 4.78 is 9.06. The minimum absolute atomic E-state index is 0.0817. The standard InChI is InChI=1S/C25H31Cl2N5O2/c1-2-24-28-32(25(33)31(24)16-17-34-22-10-4-3-5-11-22)13-7-12-29-14-15-30(19-23(29)27)21-9-6-8-20(26)18-21/h3-6,8-11,18,23H,2,7,12-17,19H2,1H3. The van der Waals surface area contributed by atoms with Crippen LogP contribution in [0.2, 0.25) is 5.02 Å². The van der Waals surface area contributed by atoms with Gasteiger partial charge >= 0.3 is 5.69 Å². The number of rotatable bonds is 10. The van der Waals surface area contributed by atoms with Gasteiger partial charge in [0, 0.05) is 49.9 Å². The fourth-order valence-corrected chi connectivity index (χ4v) is 4.80. The molecule has 1 fully saturated rings. The zero-order valence-corrected chi connectivity index (χ0v) is 21.0. The molecule has 1 aliphatic rings. The van der Waals surface area contributed by atoms with Gasteiger partial charge in [0.15, 0.2) is 0 Å². The minimum Gasteiger partial charge on any atom is -0.492 e. The third kappa shape index (κ3) is 6.14. The number of para-hydroxylation sites is 1. The van der Waals surface area contributed by atoms with E-state index >= 15 is 0 Å². The number of alkyl halides is 1. The molecule has 1 unspecified atom stereocenters. The Morgan fingerprint density at radius 2 is 1.88 bits per heavy atom. The molecule has 0 spiro atoms. The largest absolute Gasteiger partial charge is 0.492 e. The molecule has 4 rings (SSSR count). The van der Waals surface area contributed by atoms with E-state index in [1.54, 1.807) is 9.25 Å². The van der Waals surface area contributed by atoms with Gasteiger partial charge in [-0.3, -0.25) is 9.47 Å². The number of hydrogen-bond donors (Lipinski definition) is 0. The predicted molar refractivity (Wildman–Crippen MR) is 137 cm³/mol. The number of anilines is 1. The smallest absolute Gasteiger partial charge is 0.346 e. The second-order valence-electron chi connectivity index (χ2n) is 8.34. The van der Waals surface area contributed by atoms with Crippen LogP contribution in [0.3, 0.4) is 0 Å². The molecule has 0 saturated carbocycles. The number of halogens is 2. The van der Waals surface area contributed by atoms with Gasteiger partial charge in [0.1, 0.15) is 23.7 Å². The number of aryl methyl sites for hydroxylation is 2. The molecule has 0 aliphatic carbocycles. The Hall–Kier alpha value is -2.48. The number of hydrogen-bond acceptors (Lipinski definition) is 5. The Kier molecular flexibility index (Phi) is 8.53. The summed E-state index contributed by atoms with van der Waals surface area (Å²) in [4.78, 5) is 17.4. The molecule has 2 aromatic carbocycles. The monoisotopic (exact) mass is 503 g/mol. The molecule has 2 heterocycles. The summed E-state index contributed by atoms with van der Waals surface area (Å²) in [6, 6.07) is 17.5. The van der Waals surface area contributed by atoms with Crippen LogP contribution in [0.4, 0.5) is 5.69 Å². The van der Waals surface area contributed by atoms with Crippen LogP contribution in [0.1, 0.15) is 19.2 Å². The zero-order valence-electron chi connectivity index (χ0n) is 19.4. The highest BCUT2D eigenvalue weighted by atomic mass is 35.5. The van der Waals surface area contributed by atoms with E-state index in [1.165, 1.54) is 0 Å². The predicted octanol–water partition coefficient (Wildman–Crippen LogP) is 4.12. The summed E-state index contributed by atoms with van der Waals surface area (Å²) in [6.45, 7) is 6.78. The molecule has 1 atom stereocenters. The van der Waals surface area contributed by atoms with Crippen LogP contribution < -0.4 is 15.3 Å². The van der Waals surface area contributed by atoms with Crippen molar-refractivity contribution in [3.05, 3.63) is 75.9 Å². The minimum atomic E-state index is -0.0941. The quantitative estimate of drug-likeness (QED) is 0.307. The molecular weight excluding hydrogens is 473 g/mol. The van der Waals surface area contributed by atoms with E-state index in [1.807, 2.05) is 55.5 Å². The zero-order chi connectivity index (χ0) is 23.9. The first kappa shape index (κ1) is 24.6. The molecule has 182 valence electrons. The second-order valence-corrected chi connectivity index (χ2v) is 9.28. The molecule has 7 nitrogen and oxygen atoms in total. The summed E-state index contributed by atoms with van der Waals surface area (Å²) in [5.74, 6) is 1.58. The van der Waals surface area contributed by atoms with Crippen molar-refractivity contribution in [2.24, 2.45) is 0 Å². The topological polar surface area (TPSA) is 55.5 Å². The summed E-state index contributed by atoms with van der Waals surface area (Å²) in [5, 5.41) is 5.29. The van der Waals surface area contributed by atoms with Gasteiger partial charge < -0.3 is 9.64 Å². The fraction of sp³-hybridized carbons (Fsp3) is 0.440. The van der Waals surface area contributed by atoms with Crippen molar-refractivity contribution in [2.75, 3.05) is 37.7 Å². The third-order valence-electron chi connectivity index (χ3n) is 6.06. The Balaban J connectivity index is 1.28. The Morgan fingerprint density at radius 1 is 1.06 bits per heavy atom. The van der Waals surface area contributed by atoms with Crippen LogP contribution >= 0.6 is 23.2 Å². The number of nitrogens with zero attached hydrogens (tertiary/aromatic N) is 5. The lowest BCUT2D eigenvalue weighted by atomic mass is 10.2. The SMILES string of the molecule is CCc1nn(CCCN2CCN(c3cccc(Cl)c3)CC2Cl)c(=O)n1CCOc1ccccc1. The van der Waals surface area contributed by atoms with Crippen LogP contribution in [-0.2, 0) is 19.5 Å². The maximum absolute atomic E-state index is 12.9. The van der Waals surface area contributed by atoms with Gasteiger partial charge in [-0.15, -0.1) is 11.6 Å². The number of piperazine rings is 1. The molecule has 0 N–H and O–H groups in total. The molecule has 1 saturated heterocycles. The molecule has 0 amide bonds.